The molecule has 1 fully saturated rings. The topological polar surface area (TPSA) is 55.0 Å². The van der Waals surface area contributed by atoms with Crippen molar-refractivity contribution in [3.63, 3.8) is 0 Å². The van der Waals surface area contributed by atoms with Crippen LogP contribution in [0.4, 0.5) is 10.3 Å². The molecule has 0 radical (unpaired) electrons. The van der Waals surface area contributed by atoms with Gasteiger partial charge in [-0.1, -0.05) is 0 Å². The van der Waals surface area contributed by atoms with Crippen molar-refractivity contribution in [2.45, 2.75) is 18.9 Å². The van der Waals surface area contributed by atoms with Gasteiger partial charge in [0.25, 0.3) is 0 Å². The first-order valence-corrected chi connectivity index (χ1v) is 5.09. The predicted octanol–water partition coefficient (Wildman–Crippen LogP) is 0.789. The molecule has 82 valence electrons. The van der Waals surface area contributed by atoms with Gasteiger partial charge in [0.15, 0.2) is 5.82 Å². The summed E-state index contributed by atoms with van der Waals surface area (Å²) in [5.74, 6) is 0.786. The van der Waals surface area contributed by atoms with Gasteiger partial charge in [-0.2, -0.15) is 0 Å². The van der Waals surface area contributed by atoms with E-state index in [1.165, 1.54) is 12.4 Å². The van der Waals surface area contributed by atoms with Gasteiger partial charge in [0.2, 0.25) is 5.95 Å². The molecule has 1 heterocycles. The molecule has 1 aliphatic carbocycles. The van der Waals surface area contributed by atoms with Crippen molar-refractivity contribution in [1.29, 1.82) is 0 Å². The highest BCUT2D eigenvalue weighted by Crippen LogP contribution is 2.26. The molecule has 1 aromatic heterocycles. The van der Waals surface area contributed by atoms with Crippen LogP contribution in [0, 0.1) is 11.7 Å². The van der Waals surface area contributed by atoms with Crippen molar-refractivity contribution in [3.05, 3.63) is 18.2 Å². The molecule has 4 nitrogen and oxygen atoms in total. The average molecular weight is 210 g/mol. The smallest absolute Gasteiger partial charge is 0.225 e. The van der Waals surface area contributed by atoms with Gasteiger partial charge < -0.3 is 10.6 Å². The van der Waals surface area contributed by atoms with E-state index < -0.39 is 5.82 Å². The number of nitrogens with two attached hydrogens (primary N) is 1. The normalized spacial score (nSPS) is 24.7. The van der Waals surface area contributed by atoms with Crippen LogP contribution in [0.1, 0.15) is 12.8 Å². The largest absolute Gasteiger partial charge is 0.344 e. The maximum Gasteiger partial charge on any atom is 0.225 e. The SMILES string of the molecule is CN(CC1CC(N)C1)c1ncc(F)cn1. The third-order valence-electron chi connectivity index (χ3n) is 2.75. The number of anilines is 1. The number of nitrogens with zero attached hydrogens (tertiary/aromatic N) is 3. The number of rotatable bonds is 3. The fourth-order valence-corrected chi connectivity index (χ4v) is 1.91. The van der Waals surface area contributed by atoms with Crippen LogP contribution in [-0.2, 0) is 0 Å². The Hall–Kier alpha value is -1.23. The summed E-state index contributed by atoms with van der Waals surface area (Å²) < 4.78 is 12.6. The fourth-order valence-electron chi connectivity index (χ4n) is 1.91. The highest BCUT2D eigenvalue weighted by molar-refractivity contribution is 5.27. The molecule has 0 aliphatic heterocycles. The summed E-state index contributed by atoms with van der Waals surface area (Å²) in [7, 11) is 1.91. The molecule has 5 heteroatoms. The van der Waals surface area contributed by atoms with E-state index in [9.17, 15) is 4.39 Å². The Morgan fingerprint density at radius 3 is 2.60 bits per heavy atom. The molecule has 0 atom stereocenters. The summed E-state index contributed by atoms with van der Waals surface area (Å²) in [6.45, 7) is 0.888. The molecule has 1 aliphatic rings. The van der Waals surface area contributed by atoms with Gasteiger partial charge in [-0.3, -0.25) is 0 Å². The zero-order chi connectivity index (χ0) is 10.8. The molecule has 2 rings (SSSR count). The minimum Gasteiger partial charge on any atom is -0.344 e. The second kappa shape index (κ2) is 4.10. The maximum absolute atomic E-state index is 12.6. The summed E-state index contributed by atoms with van der Waals surface area (Å²) in [5.41, 5.74) is 5.70. The minimum absolute atomic E-state index is 0.359. The molecule has 2 N–H and O–H groups in total. The molecule has 0 aromatic carbocycles. The number of hydrogen-bond acceptors (Lipinski definition) is 4. The summed E-state index contributed by atoms with van der Waals surface area (Å²) in [5, 5.41) is 0. The van der Waals surface area contributed by atoms with E-state index >= 15 is 0 Å². The van der Waals surface area contributed by atoms with Crippen molar-refractivity contribution in [2.75, 3.05) is 18.5 Å². The molecule has 15 heavy (non-hydrogen) atoms. The lowest BCUT2D eigenvalue weighted by atomic mass is 9.81. The molecule has 0 saturated heterocycles. The van der Waals surface area contributed by atoms with Crippen LogP contribution in [0.25, 0.3) is 0 Å². The van der Waals surface area contributed by atoms with Crippen molar-refractivity contribution >= 4 is 5.95 Å². The van der Waals surface area contributed by atoms with E-state index in [0.29, 0.717) is 17.9 Å². The van der Waals surface area contributed by atoms with Crippen molar-refractivity contribution in [1.82, 2.24) is 9.97 Å². The Bertz CT molecular complexity index is 321. The van der Waals surface area contributed by atoms with Crippen molar-refractivity contribution in [3.8, 4) is 0 Å². The van der Waals surface area contributed by atoms with Crippen LogP contribution >= 0.6 is 0 Å². The van der Waals surface area contributed by atoms with Gasteiger partial charge in [-0.05, 0) is 18.8 Å². The number of halogens is 1. The highest BCUT2D eigenvalue weighted by atomic mass is 19.1. The Morgan fingerprint density at radius 1 is 1.47 bits per heavy atom. The van der Waals surface area contributed by atoms with Gasteiger partial charge in [0, 0.05) is 19.6 Å². The first kappa shape index (κ1) is 10.3. The van der Waals surface area contributed by atoms with E-state index in [0.717, 1.165) is 19.4 Å². The summed E-state index contributed by atoms with van der Waals surface area (Å²) >= 11 is 0. The molecule has 0 spiro atoms. The van der Waals surface area contributed by atoms with Gasteiger partial charge in [0.1, 0.15) is 0 Å². The lowest BCUT2D eigenvalue weighted by Gasteiger charge is -2.35. The summed E-state index contributed by atoms with van der Waals surface area (Å²) in [6, 6.07) is 0.359. The zero-order valence-electron chi connectivity index (χ0n) is 8.73. The van der Waals surface area contributed by atoms with E-state index in [-0.39, 0.29) is 0 Å². The maximum atomic E-state index is 12.6. The lowest BCUT2D eigenvalue weighted by Crippen LogP contribution is -2.42. The van der Waals surface area contributed by atoms with Crippen molar-refractivity contribution in [2.24, 2.45) is 11.7 Å². The zero-order valence-corrected chi connectivity index (χ0v) is 8.73. The first-order valence-electron chi connectivity index (χ1n) is 5.09. The molecular weight excluding hydrogens is 195 g/mol. The van der Waals surface area contributed by atoms with Crippen LogP contribution in [0.3, 0.4) is 0 Å². The van der Waals surface area contributed by atoms with Gasteiger partial charge in [-0.15, -0.1) is 0 Å². The van der Waals surface area contributed by atoms with Crippen LogP contribution in [-0.4, -0.2) is 29.6 Å². The quantitative estimate of drug-likeness (QED) is 0.801. The molecule has 1 saturated carbocycles. The Labute approximate surface area is 88.3 Å². The van der Waals surface area contributed by atoms with Crippen LogP contribution in [0.2, 0.25) is 0 Å². The third-order valence-corrected chi connectivity index (χ3v) is 2.75. The van der Waals surface area contributed by atoms with Gasteiger partial charge in [0.05, 0.1) is 12.4 Å². The van der Waals surface area contributed by atoms with Gasteiger partial charge in [-0.25, -0.2) is 14.4 Å². The monoisotopic (exact) mass is 210 g/mol. The fraction of sp³-hybridized carbons (Fsp3) is 0.600. The standard InChI is InChI=1S/C10H15FN4/c1-15(6-7-2-9(12)3-7)10-13-4-8(11)5-14-10/h4-5,7,9H,2-3,6,12H2,1H3. The third kappa shape index (κ3) is 2.41. The Balaban J connectivity index is 1.90. The highest BCUT2D eigenvalue weighted by Gasteiger charge is 2.27. The predicted molar refractivity (Wildman–Crippen MR) is 56.0 cm³/mol. The van der Waals surface area contributed by atoms with E-state index in [2.05, 4.69) is 9.97 Å². The summed E-state index contributed by atoms with van der Waals surface area (Å²) in [6.07, 6.45) is 4.49. The Kier molecular flexibility index (Phi) is 2.81. The van der Waals surface area contributed by atoms with E-state index in [4.69, 9.17) is 5.73 Å². The van der Waals surface area contributed by atoms with Crippen LogP contribution < -0.4 is 10.6 Å². The first-order chi connectivity index (χ1) is 7.15. The second-order valence-corrected chi connectivity index (χ2v) is 4.18. The van der Waals surface area contributed by atoms with Crippen LogP contribution in [0.5, 0.6) is 0 Å². The minimum atomic E-state index is -0.405. The second-order valence-electron chi connectivity index (χ2n) is 4.18. The summed E-state index contributed by atoms with van der Waals surface area (Å²) in [4.78, 5) is 9.77. The number of aromatic nitrogens is 2. The molecule has 0 bridgehead atoms. The molecule has 0 amide bonds. The van der Waals surface area contributed by atoms with Crippen LogP contribution in [0.15, 0.2) is 12.4 Å². The molecular formula is C10H15FN4. The van der Waals surface area contributed by atoms with Crippen molar-refractivity contribution < 1.29 is 4.39 Å². The Morgan fingerprint density at radius 2 is 2.07 bits per heavy atom. The molecule has 1 aromatic rings. The lowest BCUT2D eigenvalue weighted by molar-refractivity contribution is 0.270. The van der Waals surface area contributed by atoms with Gasteiger partial charge >= 0.3 is 0 Å². The van der Waals surface area contributed by atoms with E-state index in [1.54, 1.807) is 0 Å². The number of hydrogen-bond donors (Lipinski definition) is 1. The average Bonchev–Trinajstić information content (AvgIpc) is 2.16. The molecule has 0 unspecified atom stereocenters. The van der Waals surface area contributed by atoms with E-state index in [1.807, 2.05) is 11.9 Å².